The van der Waals surface area contributed by atoms with Gasteiger partial charge in [-0.05, 0) is 29.3 Å². The highest BCUT2D eigenvalue weighted by atomic mass is 32.2. The van der Waals surface area contributed by atoms with Crippen molar-refractivity contribution in [1.82, 2.24) is 4.72 Å². The monoisotopic (exact) mass is 309 g/mol. The molecule has 2 aromatic carbocycles. The first-order valence-corrected chi connectivity index (χ1v) is 9.38. The molecule has 0 amide bonds. The van der Waals surface area contributed by atoms with Crippen LogP contribution in [0.1, 0.15) is 6.42 Å². The Hall–Kier alpha value is -1.24. The number of benzene rings is 2. The highest BCUT2D eigenvalue weighted by molar-refractivity contribution is 7.91. The molecule has 0 radical (unpaired) electrons. The first kappa shape index (κ1) is 13.7. The third-order valence-electron chi connectivity index (χ3n) is 3.44. The van der Waals surface area contributed by atoms with Crippen LogP contribution < -0.4 is 4.72 Å². The molecular weight excluding hydrogens is 294 g/mol. The lowest BCUT2D eigenvalue weighted by atomic mass is 10.1. The number of nitrogens with one attached hydrogen (secondary N) is 1. The van der Waals surface area contributed by atoms with E-state index in [-0.39, 0.29) is 17.5 Å². The van der Waals surface area contributed by atoms with Crippen molar-refractivity contribution < 1.29 is 12.6 Å². The van der Waals surface area contributed by atoms with Crippen LogP contribution in [-0.2, 0) is 20.8 Å². The Kier molecular flexibility index (Phi) is 3.62. The van der Waals surface area contributed by atoms with Crippen molar-refractivity contribution in [2.45, 2.75) is 17.4 Å². The van der Waals surface area contributed by atoms with E-state index in [9.17, 15) is 12.6 Å². The molecule has 2 aromatic rings. The lowest BCUT2D eigenvalue weighted by Crippen LogP contribution is -2.31. The standard InChI is InChI=1S/C14H15NO3S2/c16-19(15-13-7-8-20(17,18)10-13)14-6-5-11-3-1-2-4-12(11)9-14/h1-6,9,13,15H,7-8,10H2/t13-,19-/m0/s1. The molecule has 4 nitrogen and oxygen atoms in total. The van der Waals surface area contributed by atoms with Crippen molar-refractivity contribution in [2.24, 2.45) is 0 Å². The van der Waals surface area contributed by atoms with E-state index in [1.54, 1.807) is 0 Å². The molecule has 106 valence electrons. The molecule has 3 rings (SSSR count). The summed E-state index contributed by atoms with van der Waals surface area (Å²) < 4.78 is 38.0. The van der Waals surface area contributed by atoms with Gasteiger partial charge in [-0.25, -0.2) is 17.3 Å². The van der Waals surface area contributed by atoms with Crippen molar-refractivity contribution in [3.8, 4) is 0 Å². The second-order valence-corrected chi connectivity index (χ2v) is 8.47. The van der Waals surface area contributed by atoms with Gasteiger partial charge in [0.1, 0.15) is 11.0 Å². The number of rotatable bonds is 3. The molecule has 1 heterocycles. The van der Waals surface area contributed by atoms with Gasteiger partial charge in [0.15, 0.2) is 9.84 Å². The zero-order valence-corrected chi connectivity index (χ0v) is 12.4. The minimum absolute atomic E-state index is 0.0757. The molecule has 0 bridgehead atoms. The number of fused-ring (bicyclic) bond motifs is 1. The van der Waals surface area contributed by atoms with Crippen LogP contribution in [0.15, 0.2) is 47.4 Å². The first-order valence-electron chi connectivity index (χ1n) is 6.41. The Morgan fingerprint density at radius 1 is 1.10 bits per heavy atom. The van der Waals surface area contributed by atoms with Crippen LogP contribution in [0.4, 0.5) is 0 Å². The molecule has 1 aliphatic rings. The van der Waals surface area contributed by atoms with Crippen molar-refractivity contribution in [1.29, 1.82) is 0 Å². The van der Waals surface area contributed by atoms with Crippen molar-refractivity contribution in [3.63, 3.8) is 0 Å². The number of hydrogen-bond acceptors (Lipinski definition) is 3. The average Bonchev–Trinajstić information content (AvgIpc) is 2.77. The summed E-state index contributed by atoms with van der Waals surface area (Å²) in [7, 11) is -4.33. The maximum absolute atomic E-state index is 12.3. The van der Waals surface area contributed by atoms with E-state index < -0.39 is 20.8 Å². The van der Waals surface area contributed by atoms with Gasteiger partial charge in [-0.15, -0.1) is 0 Å². The van der Waals surface area contributed by atoms with Crippen LogP contribution in [0.3, 0.4) is 0 Å². The van der Waals surface area contributed by atoms with Crippen LogP contribution in [0.25, 0.3) is 10.8 Å². The highest BCUT2D eigenvalue weighted by Crippen LogP contribution is 2.19. The molecule has 1 fully saturated rings. The van der Waals surface area contributed by atoms with Gasteiger partial charge in [0.05, 0.1) is 16.4 Å². The van der Waals surface area contributed by atoms with Crippen molar-refractivity contribution in [2.75, 3.05) is 11.5 Å². The van der Waals surface area contributed by atoms with Gasteiger partial charge in [-0.3, -0.25) is 0 Å². The molecule has 20 heavy (non-hydrogen) atoms. The maximum Gasteiger partial charge on any atom is 0.151 e. The second-order valence-electron chi connectivity index (χ2n) is 5.00. The van der Waals surface area contributed by atoms with Gasteiger partial charge in [0.2, 0.25) is 0 Å². The first-order chi connectivity index (χ1) is 9.53. The van der Waals surface area contributed by atoms with Gasteiger partial charge in [0, 0.05) is 6.04 Å². The molecular formula is C14H15NO3S2. The Balaban J connectivity index is 1.79. The highest BCUT2D eigenvalue weighted by Gasteiger charge is 2.29. The summed E-state index contributed by atoms with van der Waals surface area (Å²) in [6, 6.07) is 13.3. The Morgan fingerprint density at radius 3 is 2.55 bits per heavy atom. The summed E-state index contributed by atoms with van der Waals surface area (Å²) in [5.41, 5.74) is 0. The Morgan fingerprint density at radius 2 is 1.85 bits per heavy atom. The SMILES string of the molecule is O=[S@](N[C@H]1CCS(=O)(=O)C1)c1ccc2ccccc2c1. The quantitative estimate of drug-likeness (QED) is 0.937. The smallest absolute Gasteiger partial charge is 0.151 e. The fourth-order valence-corrected chi connectivity index (χ4v) is 5.23. The number of hydrogen-bond donors (Lipinski definition) is 1. The Labute approximate surface area is 120 Å². The van der Waals surface area contributed by atoms with Crippen LogP contribution >= 0.6 is 0 Å². The van der Waals surface area contributed by atoms with E-state index in [0.29, 0.717) is 11.3 Å². The van der Waals surface area contributed by atoms with Gasteiger partial charge >= 0.3 is 0 Å². The zero-order chi connectivity index (χ0) is 14.2. The largest absolute Gasteiger partial charge is 0.237 e. The molecule has 0 spiro atoms. The van der Waals surface area contributed by atoms with E-state index in [4.69, 9.17) is 0 Å². The molecule has 0 aromatic heterocycles. The molecule has 2 atom stereocenters. The van der Waals surface area contributed by atoms with Gasteiger partial charge in [0.25, 0.3) is 0 Å². The molecule has 0 saturated carbocycles. The predicted octanol–water partition coefficient (Wildman–Crippen LogP) is 1.64. The summed E-state index contributed by atoms with van der Waals surface area (Å²) in [6.45, 7) is 0. The van der Waals surface area contributed by atoms with E-state index >= 15 is 0 Å². The minimum atomic E-state index is -2.95. The van der Waals surface area contributed by atoms with Crippen molar-refractivity contribution in [3.05, 3.63) is 42.5 Å². The molecule has 1 saturated heterocycles. The molecule has 1 N–H and O–H groups in total. The summed E-state index contributed by atoms with van der Waals surface area (Å²) in [5, 5.41) is 2.12. The topological polar surface area (TPSA) is 63.2 Å². The maximum atomic E-state index is 12.3. The number of sulfone groups is 1. The van der Waals surface area contributed by atoms with Crippen molar-refractivity contribution >= 4 is 31.6 Å². The van der Waals surface area contributed by atoms with E-state index in [0.717, 1.165) is 10.8 Å². The predicted molar refractivity (Wildman–Crippen MR) is 80.6 cm³/mol. The lowest BCUT2D eigenvalue weighted by Gasteiger charge is -2.10. The van der Waals surface area contributed by atoms with E-state index in [1.165, 1.54) is 0 Å². The fourth-order valence-electron chi connectivity index (χ4n) is 2.39. The third kappa shape index (κ3) is 2.92. The normalized spacial score (nSPS) is 22.9. The summed E-state index contributed by atoms with van der Waals surface area (Å²) in [5.74, 6) is 0.256. The minimum Gasteiger partial charge on any atom is -0.237 e. The van der Waals surface area contributed by atoms with E-state index in [1.807, 2.05) is 42.5 Å². The fraction of sp³-hybridized carbons (Fsp3) is 0.286. The van der Waals surface area contributed by atoms with Crippen LogP contribution in [0, 0.1) is 0 Å². The Bertz CT molecular complexity index is 771. The van der Waals surface area contributed by atoms with E-state index in [2.05, 4.69) is 4.72 Å². The van der Waals surface area contributed by atoms with Gasteiger partial charge < -0.3 is 0 Å². The summed E-state index contributed by atoms with van der Waals surface area (Å²) in [6.07, 6.45) is 0.529. The van der Waals surface area contributed by atoms with Gasteiger partial charge in [-0.2, -0.15) is 0 Å². The van der Waals surface area contributed by atoms with Crippen LogP contribution in [-0.4, -0.2) is 30.2 Å². The zero-order valence-electron chi connectivity index (χ0n) is 10.8. The second kappa shape index (κ2) is 5.27. The molecule has 1 aliphatic heterocycles. The summed E-state index contributed by atoms with van der Waals surface area (Å²) >= 11 is 0. The molecule has 6 heteroatoms. The lowest BCUT2D eigenvalue weighted by molar-refractivity contribution is 0.600. The molecule has 0 aliphatic carbocycles. The van der Waals surface area contributed by atoms with Crippen LogP contribution in [0.2, 0.25) is 0 Å². The van der Waals surface area contributed by atoms with Crippen LogP contribution in [0.5, 0.6) is 0 Å². The molecule has 0 unspecified atom stereocenters. The third-order valence-corrected chi connectivity index (χ3v) is 6.44. The van der Waals surface area contributed by atoms with Gasteiger partial charge in [-0.1, -0.05) is 30.3 Å². The summed E-state index contributed by atoms with van der Waals surface area (Å²) in [4.78, 5) is 0.674. The average molecular weight is 309 g/mol.